The van der Waals surface area contributed by atoms with Gasteiger partial charge in [-0.25, -0.2) is 9.97 Å². The van der Waals surface area contributed by atoms with Crippen molar-refractivity contribution < 1.29 is 13.2 Å². The Morgan fingerprint density at radius 3 is 2.50 bits per heavy atom. The van der Waals surface area contributed by atoms with Crippen LogP contribution in [-0.2, 0) is 19.1 Å². The molecule has 2 heterocycles. The van der Waals surface area contributed by atoms with Crippen molar-refractivity contribution in [1.82, 2.24) is 30.6 Å². The molecule has 0 saturated heterocycles. The van der Waals surface area contributed by atoms with Gasteiger partial charge in [-0.2, -0.15) is 18.4 Å². The van der Waals surface area contributed by atoms with Gasteiger partial charge in [0.2, 0.25) is 11.6 Å². The first-order chi connectivity index (χ1) is 16.4. The van der Waals surface area contributed by atoms with E-state index in [1.54, 1.807) is 0 Å². The van der Waals surface area contributed by atoms with E-state index in [0.29, 0.717) is 24.5 Å². The van der Waals surface area contributed by atoms with Gasteiger partial charge in [0.15, 0.2) is 0 Å². The Balaban J connectivity index is 1.39. The van der Waals surface area contributed by atoms with Gasteiger partial charge < -0.3 is 5.32 Å². The summed E-state index contributed by atoms with van der Waals surface area (Å²) >= 11 is 0. The van der Waals surface area contributed by atoms with Crippen molar-refractivity contribution in [2.75, 3.05) is 5.32 Å². The first-order valence-corrected chi connectivity index (χ1v) is 11.0. The Morgan fingerprint density at radius 2 is 1.79 bits per heavy atom. The molecule has 7 nitrogen and oxygen atoms in total. The smallest absolute Gasteiger partial charge is 0.366 e. The second-order valence-corrected chi connectivity index (χ2v) is 8.38. The molecule has 0 saturated carbocycles. The first kappa shape index (κ1) is 22.0. The Labute approximate surface area is 193 Å². The van der Waals surface area contributed by atoms with Crippen LogP contribution in [0.5, 0.6) is 0 Å². The van der Waals surface area contributed by atoms with E-state index in [0.717, 1.165) is 40.7 Å². The van der Waals surface area contributed by atoms with Gasteiger partial charge in [-0.3, -0.25) is 0 Å². The lowest BCUT2D eigenvalue weighted by molar-refractivity contribution is -0.145. The maximum absolute atomic E-state index is 13.4. The maximum atomic E-state index is 13.4. The molecule has 174 valence electrons. The monoisotopic (exact) mass is 465 g/mol. The average molecular weight is 465 g/mol. The van der Waals surface area contributed by atoms with Gasteiger partial charge in [0, 0.05) is 17.7 Å². The molecule has 0 aliphatic heterocycles. The average Bonchev–Trinajstić information content (AvgIpc) is 3.37. The van der Waals surface area contributed by atoms with Gasteiger partial charge in [-0.05, 0) is 47.1 Å². The fourth-order valence-electron chi connectivity index (χ4n) is 4.34. The molecule has 0 radical (unpaired) electrons. The van der Waals surface area contributed by atoms with Crippen molar-refractivity contribution in [3.8, 4) is 22.5 Å². The van der Waals surface area contributed by atoms with Crippen LogP contribution in [0, 0.1) is 0 Å². The molecular weight excluding hydrogens is 443 g/mol. The lowest BCUT2D eigenvalue weighted by Gasteiger charge is -2.24. The van der Waals surface area contributed by atoms with E-state index in [4.69, 9.17) is 0 Å². The number of H-pyrrole nitrogens is 1. The first-order valence-electron chi connectivity index (χ1n) is 11.0. The zero-order valence-electron chi connectivity index (χ0n) is 18.4. The van der Waals surface area contributed by atoms with Crippen LogP contribution < -0.4 is 5.32 Å². The summed E-state index contributed by atoms with van der Waals surface area (Å²) < 4.78 is 40.2. The molecule has 2 aromatic carbocycles. The third kappa shape index (κ3) is 4.35. The molecule has 2 N–H and O–H groups in total. The lowest BCUT2D eigenvalue weighted by Crippen LogP contribution is -2.20. The highest BCUT2D eigenvalue weighted by atomic mass is 19.4. The topological polar surface area (TPSA) is 92.3 Å². The van der Waals surface area contributed by atoms with E-state index in [1.807, 2.05) is 55.5 Å². The third-order valence-corrected chi connectivity index (χ3v) is 6.06. The van der Waals surface area contributed by atoms with Gasteiger partial charge in [-0.1, -0.05) is 55.5 Å². The van der Waals surface area contributed by atoms with Crippen molar-refractivity contribution in [1.29, 1.82) is 0 Å². The number of aromatic nitrogens is 6. The Bertz CT molecular complexity index is 1290. The number of hydrogen-bond donors (Lipinski definition) is 2. The number of rotatable bonds is 5. The number of nitrogens with zero attached hydrogens (tertiary/aromatic N) is 5. The highest BCUT2D eigenvalue weighted by Gasteiger charge is 2.37. The number of tetrazole rings is 1. The number of anilines is 1. The zero-order valence-corrected chi connectivity index (χ0v) is 18.4. The number of fused-ring (bicyclic) bond motifs is 1. The van der Waals surface area contributed by atoms with Gasteiger partial charge in [0.25, 0.3) is 0 Å². The number of benzene rings is 2. The fourth-order valence-corrected chi connectivity index (χ4v) is 4.34. The van der Waals surface area contributed by atoms with E-state index in [-0.39, 0.29) is 11.7 Å². The number of aromatic amines is 1. The molecule has 2 aromatic heterocycles. The van der Waals surface area contributed by atoms with Crippen molar-refractivity contribution in [2.24, 2.45) is 0 Å². The standard InChI is InChI=1S/C24H22F3N7/c1-14-5-4-8-19-20(14)29-23(24(25,26)27)30-21(19)28-13-15-9-11-16(12-10-15)17-6-2-3-7-18(17)22-31-33-34-32-22/h2-3,6-7,9-12,14H,4-5,8,13H2,1H3,(H,28,29,30)(H,31,32,33,34). The molecule has 10 heteroatoms. The van der Waals surface area contributed by atoms with Gasteiger partial charge in [0.05, 0.1) is 5.69 Å². The lowest BCUT2D eigenvalue weighted by atomic mass is 9.88. The van der Waals surface area contributed by atoms with Gasteiger partial charge in [-0.15, -0.1) is 10.2 Å². The quantitative estimate of drug-likeness (QED) is 0.410. The van der Waals surface area contributed by atoms with Crippen LogP contribution in [0.4, 0.5) is 19.0 Å². The summed E-state index contributed by atoms with van der Waals surface area (Å²) in [6, 6.07) is 15.6. The maximum Gasteiger partial charge on any atom is 0.451 e. The largest absolute Gasteiger partial charge is 0.451 e. The highest BCUT2D eigenvalue weighted by Crippen LogP contribution is 2.37. The molecule has 4 aromatic rings. The molecule has 0 amide bonds. The van der Waals surface area contributed by atoms with Crippen LogP contribution in [0.25, 0.3) is 22.5 Å². The molecule has 1 aliphatic rings. The minimum atomic E-state index is -4.59. The SMILES string of the molecule is CC1CCCc2c(NCc3ccc(-c4ccccc4-c4nn[nH]n4)cc3)nc(C(F)(F)F)nc21. The molecule has 34 heavy (non-hydrogen) atoms. The number of nitrogens with one attached hydrogen (secondary N) is 2. The summed E-state index contributed by atoms with van der Waals surface area (Å²) in [6.45, 7) is 2.27. The number of hydrogen-bond acceptors (Lipinski definition) is 6. The molecule has 5 rings (SSSR count). The minimum absolute atomic E-state index is 0.0213. The summed E-state index contributed by atoms with van der Waals surface area (Å²) in [5, 5.41) is 17.4. The van der Waals surface area contributed by atoms with Crippen molar-refractivity contribution in [3.63, 3.8) is 0 Å². The van der Waals surface area contributed by atoms with Crippen LogP contribution >= 0.6 is 0 Å². The molecule has 1 aliphatic carbocycles. The van der Waals surface area contributed by atoms with E-state index in [2.05, 4.69) is 35.9 Å². The predicted octanol–water partition coefficient (Wildman–Crippen LogP) is 5.39. The Kier molecular flexibility index (Phi) is 5.72. The van der Waals surface area contributed by atoms with Gasteiger partial charge in [0.1, 0.15) is 5.82 Å². The number of halogens is 3. The van der Waals surface area contributed by atoms with E-state index < -0.39 is 12.0 Å². The normalized spacial score (nSPS) is 15.7. The fraction of sp³-hybridized carbons (Fsp3) is 0.292. The Hall–Kier alpha value is -3.82. The Morgan fingerprint density at radius 1 is 1.03 bits per heavy atom. The predicted molar refractivity (Wildman–Crippen MR) is 121 cm³/mol. The summed E-state index contributed by atoms with van der Waals surface area (Å²) in [5.41, 5.74) is 4.99. The van der Waals surface area contributed by atoms with Gasteiger partial charge >= 0.3 is 6.18 Å². The molecule has 1 unspecified atom stereocenters. The summed E-state index contributed by atoms with van der Waals surface area (Å²) in [4.78, 5) is 7.70. The van der Waals surface area contributed by atoms with Crippen molar-refractivity contribution >= 4 is 5.82 Å². The van der Waals surface area contributed by atoms with Crippen LogP contribution in [0.2, 0.25) is 0 Å². The van der Waals surface area contributed by atoms with Crippen LogP contribution in [0.15, 0.2) is 48.5 Å². The molecule has 0 bridgehead atoms. The summed E-state index contributed by atoms with van der Waals surface area (Å²) in [5.74, 6) is -0.331. The molecule has 0 fully saturated rings. The van der Waals surface area contributed by atoms with Crippen LogP contribution in [-0.4, -0.2) is 30.6 Å². The highest BCUT2D eigenvalue weighted by molar-refractivity contribution is 5.80. The summed E-state index contributed by atoms with van der Waals surface area (Å²) in [6.07, 6.45) is -2.18. The minimum Gasteiger partial charge on any atom is -0.366 e. The second kappa shape index (κ2) is 8.85. The van der Waals surface area contributed by atoms with Crippen molar-refractivity contribution in [2.45, 2.75) is 44.8 Å². The molecule has 1 atom stereocenters. The third-order valence-electron chi connectivity index (χ3n) is 6.06. The molecular formula is C24H22F3N7. The van der Waals surface area contributed by atoms with E-state index in [9.17, 15) is 13.2 Å². The van der Waals surface area contributed by atoms with Crippen LogP contribution in [0.3, 0.4) is 0 Å². The van der Waals surface area contributed by atoms with E-state index in [1.165, 1.54) is 0 Å². The zero-order chi connectivity index (χ0) is 23.7. The second-order valence-electron chi connectivity index (χ2n) is 8.38. The molecule has 0 spiro atoms. The van der Waals surface area contributed by atoms with Crippen molar-refractivity contribution in [3.05, 3.63) is 71.2 Å². The van der Waals surface area contributed by atoms with E-state index >= 15 is 0 Å². The summed E-state index contributed by atoms with van der Waals surface area (Å²) in [7, 11) is 0. The number of alkyl halides is 3. The van der Waals surface area contributed by atoms with Crippen LogP contribution in [0.1, 0.15) is 48.3 Å².